The molecule has 0 aliphatic carbocycles. The maximum atomic E-state index is 2.38. The van der Waals surface area contributed by atoms with Gasteiger partial charge in [-0.3, -0.25) is 0 Å². The summed E-state index contributed by atoms with van der Waals surface area (Å²) in [6.07, 6.45) is 4.38. The van der Waals surface area contributed by atoms with Crippen molar-refractivity contribution in [3.8, 4) is 50.5 Å². The van der Waals surface area contributed by atoms with Gasteiger partial charge in [0, 0.05) is 29.5 Å². The summed E-state index contributed by atoms with van der Waals surface area (Å²) >= 11 is 0. The number of rotatable bonds is 5. The number of para-hydroxylation sites is 1. The van der Waals surface area contributed by atoms with Crippen LogP contribution in [0.5, 0.6) is 0 Å². The van der Waals surface area contributed by atoms with Crippen molar-refractivity contribution in [1.29, 1.82) is 0 Å². The molecule has 0 saturated carbocycles. The number of aromatic nitrogens is 2. The Kier molecular flexibility index (Phi) is 6.00. The lowest BCUT2D eigenvalue weighted by molar-refractivity contribution is -0.660. The van der Waals surface area contributed by atoms with Crippen molar-refractivity contribution in [3.05, 3.63) is 145 Å². The van der Waals surface area contributed by atoms with Gasteiger partial charge in [-0.15, -0.1) is 0 Å². The first kappa shape index (κ1) is 22.8. The molecule has 2 nitrogen and oxygen atoms in total. The molecular weight excluding hydrogens is 448 g/mol. The molecule has 0 saturated heterocycles. The number of pyridine rings is 1. The van der Waals surface area contributed by atoms with Crippen molar-refractivity contribution >= 4 is 0 Å². The standard InChI is InChI=1S/C35H29N2/c1-26-21-24-37(34(26)33-25-30(22-23-36(33)2)27-13-6-3-7-14-27)35-31(28-15-8-4-9-16-28)19-12-20-32(35)29-17-10-5-11-18-29/h3-25H,1-2H3/q+1. The molecule has 0 spiro atoms. The lowest BCUT2D eigenvalue weighted by Crippen LogP contribution is -2.31. The molecule has 0 amide bonds. The van der Waals surface area contributed by atoms with Crippen molar-refractivity contribution in [2.24, 2.45) is 7.05 Å². The van der Waals surface area contributed by atoms with Gasteiger partial charge in [0.15, 0.2) is 6.20 Å². The zero-order valence-corrected chi connectivity index (χ0v) is 21.2. The first-order valence-corrected chi connectivity index (χ1v) is 12.7. The molecule has 6 aromatic rings. The zero-order valence-electron chi connectivity index (χ0n) is 21.2. The summed E-state index contributed by atoms with van der Waals surface area (Å²) in [5, 5.41) is 0. The lowest BCUT2D eigenvalue weighted by Gasteiger charge is -2.19. The number of hydrogen-bond donors (Lipinski definition) is 0. The molecule has 0 fully saturated rings. The van der Waals surface area contributed by atoms with Crippen LogP contribution in [0.3, 0.4) is 0 Å². The monoisotopic (exact) mass is 477 g/mol. The third-order valence-electron chi connectivity index (χ3n) is 7.03. The molecule has 0 bridgehead atoms. The fourth-order valence-electron chi connectivity index (χ4n) is 5.16. The first-order chi connectivity index (χ1) is 18.2. The van der Waals surface area contributed by atoms with Gasteiger partial charge in [-0.25, -0.2) is 0 Å². The van der Waals surface area contributed by atoms with Gasteiger partial charge in [0.25, 0.3) is 0 Å². The average molecular weight is 478 g/mol. The Morgan fingerprint density at radius 2 is 1.08 bits per heavy atom. The second kappa shape index (κ2) is 9.75. The van der Waals surface area contributed by atoms with E-state index in [0.29, 0.717) is 0 Å². The predicted molar refractivity (Wildman–Crippen MR) is 153 cm³/mol. The molecule has 2 heteroatoms. The quantitative estimate of drug-likeness (QED) is 0.221. The zero-order chi connectivity index (χ0) is 25.2. The molecule has 0 atom stereocenters. The lowest BCUT2D eigenvalue weighted by atomic mass is 9.95. The Hall–Kier alpha value is -4.69. The van der Waals surface area contributed by atoms with Gasteiger partial charge in [-0.2, -0.15) is 4.57 Å². The van der Waals surface area contributed by atoms with Crippen molar-refractivity contribution < 1.29 is 4.57 Å². The van der Waals surface area contributed by atoms with Crippen LogP contribution < -0.4 is 4.57 Å². The normalized spacial score (nSPS) is 11.0. The van der Waals surface area contributed by atoms with Crippen LogP contribution in [-0.2, 0) is 7.05 Å². The van der Waals surface area contributed by atoms with Gasteiger partial charge in [0.2, 0.25) is 5.69 Å². The van der Waals surface area contributed by atoms with Gasteiger partial charge in [-0.05, 0) is 40.8 Å². The fraction of sp³-hybridized carbons (Fsp3) is 0.0571. The highest BCUT2D eigenvalue weighted by Gasteiger charge is 2.23. The maximum Gasteiger partial charge on any atom is 0.230 e. The molecule has 0 aliphatic heterocycles. The number of hydrogen-bond acceptors (Lipinski definition) is 0. The third-order valence-corrected chi connectivity index (χ3v) is 7.03. The highest BCUT2D eigenvalue weighted by atomic mass is 15.0. The number of nitrogens with zero attached hydrogens (tertiary/aromatic N) is 2. The smallest absolute Gasteiger partial charge is 0.230 e. The molecule has 0 unspecified atom stereocenters. The number of aryl methyl sites for hydroxylation is 2. The van der Waals surface area contributed by atoms with E-state index in [-0.39, 0.29) is 0 Å². The molecule has 0 aliphatic rings. The topological polar surface area (TPSA) is 8.81 Å². The Bertz CT molecular complexity index is 1610. The average Bonchev–Trinajstić information content (AvgIpc) is 3.35. The molecular formula is C35H29N2+. The minimum Gasteiger partial charge on any atom is -0.310 e. The predicted octanol–water partition coefficient (Wildman–Crippen LogP) is 8.28. The molecule has 0 radical (unpaired) electrons. The van der Waals surface area contributed by atoms with E-state index in [1.54, 1.807) is 0 Å². The Balaban J connectivity index is 1.63. The van der Waals surface area contributed by atoms with Crippen LogP contribution in [0.25, 0.3) is 50.5 Å². The van der Waals surface area contributed by atoms with Gasteiger partial charge < -0.3 is 4.57 Å². The molecule has 37 heavy (non-hydrogen) atoms. The van der Waals surface area contributed by atoms with E-state index >= 15 is 0 Å². The molecule has 2 aromatic heterocycles. The van der Waals surface area contributed by atoms with Crippen LogP contribution in [0, 0.1) is 6.92 Å². The van der Waals surface area contributed by atoms with Gasteiger partial charge in [0.05, 0.1) is 5.69 Å². The van der Waals surface area contributed by atoms with Crippen LogP contribution in [0.15, 0.2) is 140 Å². The first-order valence-electron chi connectivity index (χ1n) is 12.7. The number of benzene rings is 4. The largest absolute Gasteiger partial charge is 0.310 e. The summed E-state index contributed by atoms with van der Waals surface area (Å²) in [7, 11) is 2.13. The van der Waals surface area contributed by atoms with Crippen molar-refractivity contribution in [1.82, 2.24) is 4.57 Å². The summed E-state index contributed by atoms with van der Waals surface area (Å²) in [5.41, 5.74) is 12.0. The minimum absolute atomic E-state index is 1.17. The second-order valence-electron chi connectivity index (χ2n) is 9.43. The molecule has 0 N–H and O–H groups in total. The van der Waals surface area contributed by atoms with Crippen LogP contribution >= 0.6 is 0 Å². The van der Waals surface area contributed by atoms with Gasteiger partial charge in [-0.1, -0.05) is 109 Å². The van der Waals surface area contributed by atoms with E-state index in [1.807, 2.05) is 0 Å². The van der Waals surface area contributed by atoms with E-state index in [1.165, 1.54) is 56.0 Å². The van der Waals surface area contributed by atoms with Gasteiger partial charge in [0.1, 0.15) is 12.7 Å². The summed E-state index contributed by atoms with van der Waals surface area (Å²) in [4.78, 5) is 0. The fourth-order valence-corrected chi connectivity index (χ4v) is 5.16. The molecule has 6 rings (SSSR count). The van der Waals surface area contributed by atoms with E-state index in [4.69, 9.17) is 0 Å². The van der Waals surface area contributed by atoms with Crippen LogP contribution in [0.1, 0.15) is 5.56 Å². The maximum absolute atomic E-state index is 2.38. The van der Waals surface area contributed by atoms with Crippen molar-refractivity contribution in [2.75, 3.05) is 0 Å². The SMILES string of the molecule is Cc1ccn(-c2c(-c3ccccc3)cccc2-c2ccccc2)c1-c1cc(-c2ccccc2)cc[n+]1C. The van der Waals surface area contributed by atoms with E-state index < -0.39 is 0 Å². The van der Waals surface area contributed by atoms with E-state index in [0.717, 1.165) is 0 Å². The molecule has 2 heterocycles. The van der Waals surface area contributed by atoms with E-state index in [2.05, 4.69) is 163 Å². The highest BCUT2D eigenvalue weighted by molar-refractivity contribution is 5.87. The summed E-state index contributed by atoms with van der Waals surface area (Å²) < 4.78 is 4.60. The summed E-state index contributed by atoms with van der Waals surface area (Å²) in [6.45, 7) is 2.20. The Morgan fingerprint density at radius 3 is 1.65 bits per heavy atom. The molecule has 4 aromatic carbocycles. The Morgan fingerprint density at radius 1 is 0.541 bits per heavy atom. The second-order valence-corrected chi connectivity index (χ2v) is 9.43. The molecule has 178 valence electrons. The van der Waals surface area contributed by atoms with Crippen molar-refractivity contribution in [2.45, 2.75) is 6.92 Å². The minimum atomic E-state index is 1.17. The van der Waals surface area contributed by atoms with Crippen LogP contribution in [0.4, 0.5) is 0 Å². The third kappa shape index (κ3) is 4.28. The van der Waals surface area contributed by atoms with Crippen LogP contribution in [0.2, 0.25) is 0 Å². The summed E-state index contributed by atoms with van der Waals surface area (Å²) in [5.74, 6) is 0. The summed E-state index contributed by atoms with van der Waals surface area (Å²) in [6, 6.07) is 45.3. The van der Waals surface area contributed by atoms with E-state index in [9.17, 15) is 0 Å². The Labute approximate surface area is 218 Å². The highest BCUT2D eigenvalue weighted by Crippen LogP contribution is 2.39. The van der Waals surface area contributed by atoms with Gasteiger partial charge >= 0.3 is 0 Å². The van der Waals surface area contributed by atoms with Crippen molar-refractivity contribution in [3.63, 3.8) is 0 Å². The van der Waals surface area contributed by atoms with Crippen LogP contribution in [-0.4, -0.2) is 4.57 Å².